The van der Waals surface area contributed by atoms with Crippen LogP contribution < -0.4 is 5.73 Å². The normalized spacial score (nSPS) is 13.3. The fraction of sp³-hybridized carbons (Fsp3) is 0.615. The van der Waals surface area contributed by atoms with Crippen LogP contribution in [0.1, 0.15) is 38.3 Å². The van der Waals surface area contributed by atoms with Gasteiger partial charge < -0.3 is 5.73 Å². The van der Waals surface area contributed by atoms with Crippen molar-refractivity contribution in [3.63, 3.8) is 0 Å². The van der Waals surface area contributed by atoms with Gasteiger partial charge in [0.15, 0.2) is 5.65 Å². The lowest BCUT2D eigenvalue weighted by Gasteiger charge is -2.22. The van der Waals surface area contributed by atoms with Crippen molar-refractivity contribution in [2.75, 3.05) is 0 Å². The molecule has 0 saturated carbocycles. The predicted octanol–water partition coefficient (Wildman–Crippen LogP) is 1.98. The van der Waals surface area contributed by atoms with Crippen molar-refractivity contribution in [1.82, 2.24) is 19.3 Å². The van der Waals surface area contributed by atoms with Crippen LogP contribution in [-0.4, -0.2) is 25.2 Å². The molecule has 7 heteroatoms. The second-order valence-electron chi connectivity index (χ2n) is 5.20. The summed E-state index contributed by atoms with van der Waals surface area (Å²) < 4.78 is 3.69. The molecule has 2 N–H and O–H groups in total. The maximum absolute atomic E-state index is 11.9. The average molecular weight is 298 g/mol. The molecule has 0 bridgehead atoms. The third kappa shape index (κ3) is 2.18. The molecule has 6 nitrogen and oxygen atoms in total. The molecule has 0 aliphatic rings. The van der Waals surface area contributed by atoms with E-state index >= 15 is 0 Å². The van der Waals surface area contributed by atoms with Gasteiger partial charge >= 0.3 is 0 Å². The summed E-state index contributed by atoms with van der Waals surface area (Å²) in [4.78, 5) is 16.4. The van der Waals surface area contributed by atoms with Crippen LogP contribution >= 0.6 is 11.6 Å². The number of carbonyl (C=O) groups is 1. The van der Waals surface area contributed by atoms with Gasteiger partial charge in [0.2, 0.25) is 5.91 Å². The molecule has 20 heavy (non-hydrogen) atoms. The van der Waals surface area contributed by atoms with Crippen molar-refractivity contribution in [1.29, 1.82) is 0 Å². The van der Waals surface area contributed by atoms with E-state index in [9.17, 15) is 4.79 Å². The molecule has 1 atom stereocenters. The maximum atomic E-state index is 11.9. The smallest absolute Gasteiger partial charge is 0.240 e. The van der Waals surface area contributed by atoms with Gasteiger partial charge in [-0.05, 0) is 19.8 Å². The molecule has 110 valence electrons. The Morgan fingerprint density at radius 2 is 2.10 bits per heavy atom. The van der Waals surface area contributed by atoms with Crippen molar-refractivity contribution < 1.29 is 4.79 Å². The van der Waals surface area contributed by atoms with Gasteiger partial charge in [-0.2, -0.15) is 5.10 Å². The summed E-state index contributed by atoms with van der Waals surface area (Å²) in [7, 11) is 0. The summed E-state index contributed by atoms with van der Waals surface area (Å²) in [5, 5.41) is 4.44. The van der Waals surface area contributed by atoms with Crippen molar-refractivity contribution in [2.24, 2.45) is 11.7 Å². The first-order valence-electron chi connectivity index (χ1n) is 6.71. The minimum atomic E-state index is -0.477. The van der Waals surface area contributed by atoms with Crippen molar-refractivity contribution in [3.05, 3.63) is 11.5 Å². The molecule has 0 fully saturated rings. The number of halogens is 1. The summed E-state index contributed by atoms with van der Waals surface area (Å²) >= 11 is 6.00. The Hall–Kier alpha value is -1.56. The summed E-state index contributed by atoms with van der Waals surface area (Å²) in [6, 6.07) is -0.477. The molecule has 2 heterocycles. The Balaban J connectivity index is 2.80. The van der Waals surface area contributed by atoms with E-state index in [4.69, 9.17) is 17.3 Å². The molecule has 2 aromatic heterocycles. The van der Waals surface area contributed by atoms with E-state index in [1.54, 1.807) is 0 Å². The third-order valence-corrected chi connectivity index (χ3v) is 3.68. The molecule has 0 aliphatic heterocycles. The quantitative estimate of drug-likeness (QED) is 0.857. The van der Waals surface area contributed by atoms with Gasteiger partial charge in [0.1, 0.15) is 17.4 Å². The van der Waals surface area contributed by atoms with E-state index in [0.29, 0.717) is 12.4 Å². The van der Waals surface area contributed by atoms with Gasteiger partial charge in [0.25, 0.3) is 0 Å². The second kappa shape index (κ2) is 5.44. The number of alkyl halides is 1. The Labute approximate surface area is 122 Å². The predicted molar refractivity (Wildman–Crippen MR) is 78.6 cm³/mol. The molecular formula is C13H20ClN5O. The van der Waals surface area contributed by atoms with E-state index in [2.05, 4.69) is 10.1 Å². The molecule has 1 unspecified atom stereocenters. The Kier molecular flexibility index (Phi) is 4.04. The Morgan fingerprint density at radius 3 is 2.55 bits per heavy atom. The standard InChI is InChI=1S/C13H20ClN5O/c1-5-18-13-10(8(4)17-18)16-9(6-14)19(13)11(7(2)3)12(15)20/h7,11H,5-6H2,1-4H3,(H2,15,20). The molecule has 0 aromatic carbocycles. The minimum absolute atomic E-state index is 0.0485. The Morgan fingerprint density at radius 1 is 1.45 bits per heavy atom. The largest absolute Gasteiger partial charge is 0.368 e. The number of hydrogen-bond donors (Lipinski definition) is 1. The number of carbonyl (C=O) groups excluding carboxylic acids is 1. The highest BCUT2D eigenvalue weighted by Gasteiger charge is 2.29. The average Bonchev–Trinajstić information content (AvgIpc) is 2.88. The molecule has 2 rings (SSSR count). The maximum Gasteiger partial charge on any atom is 0.240 e. The number of imidazole rings is 1. The van der Waals surface area contributed by atoms with E-state index in [0.717, 1.165) is 16.9 Å². The molecule has 2 aromatic rings. The van der Waals surface area contributed by atoms with E-state index in [1.807, 2.05) is 36.9 Å². The number of aryl methyl sites for hydroxylation is 2. The number of rotatable bonds is 5. The number of primary amides is 1. The first kappa shape index (κ1) is 14.8. The number of nitrogens with zero attached hydrogens (tertiary/aromatic N) is 4. The van der Waals surface area contributed by atoms with Crippen LogP contribution in [0.15, 0.2) is 0 Å². The fourth-order valence-corrected chi connectivity index (χ4v) is 2.78. The number of aromatic nitrogens is 4. The molecule has 0 saturated heterocycles. The number of fused-ring (bicyclic) bond motifs is 1. The first-order chi connectivity index (χ1) is 9.42. The van der Waals surface area contributed by atoms with Gasteiger partial charge in [-0.15, -0.1) is 11.6 Å². The number of nitrogens with two attached hydrogens (primary N) is 1. The fourth-order valence-electron chi connectivity index (χ4n) is 2.60. The highest BCUT2D eigenvalue weighted by molar-refractivity contribution is 6.16. The van der Waals surface area contributed by atoms with E-state index in [1.165, 1.54) is 0 Å². The lowest BCUT2D eigenvalue weighted by molar-refractivity contribution is -0.122. The second-order valence-corrected chi connectivity index (χ2v) is 5.46. The highest BCUT2D eigenvalue weighted by Crippen LogP contribution is 2.28. The van der Waals surface area contributed by atoms with E-state index in [-0.39, 0.29) is 17.7 Å². The zero-order valence-corrected chi connectivity index (χ0v) is 13.0. The zero-order chi connectivity index (χ0) is 15.0. The zero-order valence-electron chi connectivity index (χ0n) is 12.2. The van der Waals surface area contributed by atoms with Gasteiger partial charge in [-0.3, -0.25) is 9.36 Å². The van der Waals surface area contributed by atoms with Crippen LogP contribution in [0.25, 0.3) is 11.2 Å². The molecule has 0 aliphatic carbocycles. The number of hydrogen-bond acceptors (Lipinski definition) is 3. The van der Waals surface area contributed by atoms with Gasteiger partial charge in [0.05, 0.1) is 11.6 Å². The van der Waals surface area contributed by atoms with Gasteiger partial charge in [-0.25, -0.2) is 9.67 Å². The summed E-state index contributed by atoms with van der Waals surface area (Å²) in [5.41, 5.74) is 8.02. The molecule has 1 amide bonds. The van der Waals surface area contributed by atoms with Crippen LogP contribution in [0.5, 0.6) is 0 Å². The lowest BCUT2D eigenvalue weighted by Crippen LogP contribution is -2.32. The minimum Gasteiger partial charge on any atom is -0.368 e. The topological polar surface area (TPSA) is 78.7 Å². The third-order valence-electron chi connectivity index (χ3n) is 3.44. The van der Waals surface area contributed by atoms with Crippen LogP contribution in [0.4, 0.5) is 0 Å². The van der Waals surface area contributed by atoms with Crippen molar-refractivity contribution in [2.45, 2.75) is 46.2 Å². The summed E-state index contributed by atoms with van der Waals surface area (Å²) in [6.45, 7) is 8.51. The molecule has 0 spiro atoms. The van der Waals surface area contributed by atoms with Gasteiger partial charge in [-0.1, -0.05) is 13.8 Å². The van der Waals surface area contributed by atoms with Crippen molar-refractivity contribution in [3.8, 4) is 0 Å². The number of amides is 1. The SMILES string of the molecule is CCn1nc(C)c2nc(CCl)n(C(C(N)=O)C(C)C)c21. The van der Waals surface area contributed by atoms with Crippen LogP contribution in [-0.2, 0) is 17.2 Å². The van der Waals surface area contributed by atoms with Gasteiger partial charge in [0, 0.05) is 6.54 Å². The van der Waals surface area contributed by atoms with Crippen LogP contribution in [0, 0.1) is 12.8 Å². The molecule has 0 radical (unpaired) electrons. The van der Waals surface area contributed by atoms with Crippen LogP contribution in [0.3, 0.4) is 0 Å². The highest BCUT2D eigenvalue weighted by atomic mass is 35.5. The Bertz CT molecular complexity index is 643. The van der Waals surface area contributed by atoms with Crippen LogP contribution in [0.2, 0.25) is 0 Å². The summed E-state index contributed by atoms with van der Waals surface area (Å²) in [5.74, 6) is 0.551. The lowest BCUT2D eigenvalue weighted by atomic mass is 10.0. The monoisotopic (exact) mass is 297 g/mol. The first-order valence-corrected chi connectivity index (χ1v) is 7.25. The van der Waals surface area contributed by atoms with Crippen molar-refractivity contribution >= 4 is 28.7 Å². The molecular weight excluding hydrogens is 278 g/mol. The summed E-state index contributed by atoms with van der Waals surface area (Å²) in [6.07, 6.45) is 0. The van der Waals surface area contributed by atoms with E-state index < -0.39 is 6.04 Å².